The van der Waals surface area contributed by atoms with E-state index in [-0.39, 0.29) is 5.82 Å². The summed E-state index contributed by atoms with van der Waals surface area (Å²) < 4.78 is 12.4. The molecule has 0 saturated heterocycles. The molecular formula is C7H4FN3S. The maximum absolute atomic E-state index is 12.4. The average Bonchev–Trinajstić information content (AvgIpc) is 2.58. The van der Waals surface area contributed by atoms with Crippen LogP contribution in [0.3, 0.4) is 0 Å². The second-order valence-corrected chi connectivity index (χ2v) is 2.94. The highest BCUT2D eigenvalue weighted by molar-refractivity contribution is 7.12. The number of nitrogens with zero attached hydrogens (tertiary/aromatic N) is 3. The van der Waals surface area contributed by atoms with E-state index >= 15 is 0 Å². The summed E-state index contributed by atoms with van der Waals surface area (Å²) >= 11 is 1.37. The molecule has 2 heterocycles. The first-order chi connectivity index (χ1) is 5.86. The van der Waals surface area contributed by atoms with E-state index in [1.807, 2.05) is 0 Å². The molecule has 5 heteroatoms. The molecule has 2 aromatic rings. The van der Waals surface area contributed by atoms with Gasteiger partial charge in [-0.3, -0.25) is 4.98 Å². The van der Waals surface area contributed by atoms with Crippen LogP contribution >= 0.6 is 11.3 Å². The number of rotatable bonds is 1. The van der Waals surface area contributed by atoms with Gasteiger partial charge in [-0.25, -0.2) is 4.39 Å². The number of halogens is 1. The zero-order valence-electron chi connectivity index (χ0n) is 5.94. The summed E-state index contributed by atoms with van der Waals surface area (Å²) in [6.07, 6.45) is 1.16. The fourth-order valence-electron chi connectivity index (χ4n) is 0.787. The van der Waals surface area contributed by atoms with Crippen LogP contribution in [-0.2, 0) is 0 Å². The van der Waals surface area contributed by atoms with Crippen LogP contribution in [0, 0.1) is 5.82 Å². The highest BCUT2D eigenvalue weighted by atomic mass is 32.1. The fraction of sp³-hybridized carbons (Fsp3) is 0. The van der Waals surface area contributed by atoms with Gasteiger partial charge in [0, 0.05) is 0 Å². The van der Waals surface area contributed by atoms with Gasteiger partial charge in [0.1, 0.15) is 17.0 Å². The predicted octanol–water partition coefficient (Wildman–Crippen LogP) is 1.74. The zero-order valence-corrected chi connectivity index (χ0v) is 6.75. The summed E-state index contributed by atoms with van der Waals surface area (Å²) in [6, 6.07) is 2.93. The fourth-order valence-corrected chi connectivity index (χ4v) is 1.32. The van der Waals surface area contributed by atoms with Gasteiger partial charge in [0.25, 0.3) is 0 Å². The first kappa shape index (κ1) is 7.30. The Labute approximate surface area is 71.9 Å². The monoisotopic (exact) mass is 181 g/mol. The van der Waals surface area contributed by atoms with Crippen molar-refractivity contribution in [2.45, 2.75) is 0 Å². The molecule has 3 nitrogen and oxygen atoms in total. The molecule has 0 atom stereocenters. The normalized spacial score (nSPS) is 10.1. The van der Waals surface area contributed by atoms with Crippen LogP contribution in [0.5, 0.6) is 0 Å². The molecule has 0 saturated carbocycles. The van der Waals surface area contributed by atoms with Crippen LogP contribution in [0.4, 0.5) is 4.39 Å². The van der Waals surface area contributed by atoms with Gasteiger partial charge in [0.2, 0.25) is 0 Å². The molecule has 0 radical (unpaired) electrons. The van der Waals surface area contributed by atoms with Gasteiger partial charge >= 0.3 is 0 Å². The summed E-state index contributed by atoms with van der Waals surface area (Å²) in [4.78, 5) is 3.85. The van der Waals surface area contributed by atoms with E-state index in [1.54, 1.807) is 11.6 Å². The van der Waals surface area contributed by atoms with E-state index in [0.29, 0.717) is 10.7 Å². The Hall–Kier alpha value is -1.36. The molecule has 0 aromatic carbocycles. The molecule has 12 heavy (non-hydrogen) atoms. The minimum atomic E-state index is -0.344. The van der Waals surface area contributed by atoms with Crippen LogP contribution in [0.2, 0.25) is 0 Å². The van der Waals surface area contributed by atoms with Gasteiger partial charge < -0.3 is 0 Å². The topological polar surface area (TPSA) is 38.7 Å². The largest absolute Gasteiger partial charge is 0.251 e. The predicted molar refractivity (Wildman–Crippen MR) is 43.1 cm³/mol. The van der Waals surface area contributed by atoms with Gasteiger partial charge in [-0.1, -0.05) is 11.3 Å². The Morgan fingerprint density at radius 2 is 2.25 bits per heavy atom. The van der Waals surface area contributed by atoms with Crippen molar-refractivity contribution in [2.24, 2.45) is 0 Å². The number of hydrogen-bond acceptors (Lipinski definition) is 4. The van der Waals surface area contributed by atoms with E-state index in [9.17, 15) is 4.39 Å². The molecule has 0 fully saturated rings. The van der Waals surface area contributed by atoms with Crippen LogP contribution in [0.1, 0.15) is 0 Å². The summed E-state index contributed by atoms with van der Waals surface area (Å²) in [6.45, 7) is 0. The van der Waals surface area contributed by atoms with Crippen LogP contribution in [0.15, 0.2) is 23.8 Å². The minimum absolute atomic E-state index is 0.344. The number of aromatic nitrogens is 3. The summed E-state index contributed by atoms with van der Waals surface area (Å²) in [5, 5.41) is 8.16. The second kappa shape index (κ2) is 2.94. The molecular weight excluding hydrogens is 177 g/mol. The maximum Gasteiger partial charge on any atom is 0.166 e. The van der Waals surface area contributed by atoms with Crippen molar-refractivity contribution in [1.29, 1.82) is 0 Å². The van der Waals surface area contributed by atoms with Crippen molar-refractivity contribution in [3.8, 4) is 10.7 Å². The quantitative estimate of drug-likeness (QED) is 0.672. The third-order valence-electron chi connectivity index (χ3n) is 1.31. The molecule has 0 aliphatic carbocycles. The van der Waals surface area contributed by atoms with Crippen LogP contribution < -0.4 is 0 Å². The second-order valence-electron chi connectivity index (χ2n) is 2.11. The highest BCUT2D eigenvalue weighted by Crippen LogP contribution is 2.17. The van der Waals surface area contributed by atoms with E-state index in [2.05, 4.69) is 15.2 Å². The molecule has 2 aromatic heterocycles. The number of hydrogen-bond donors (Lipinski definition) is 0. The van der Waals surface area contributed by atoms with E-state index < -0.39 is 0 Å². The van der Waals surface area contributed by atoms with Crippen LogP contribution in [0.25, 0.3) is 10.7 Å². The SMILES string of the molecule is Fc1ccc(-c2nncs2)nc1. The molecule has 60 valence electrons. The first-order valence-corrected chi connectivity index (χ1v) is 4.12. The third kappa shape index (κ3) is 1.31. The molecule has 0 spiro atoms. The van der Waals surface area contributed by atoms with Crippen molar-refractivity contribution < 1.29 is 4.39 Å². The van der Waals surface area contributed by atoms with Gasteiger partial charge in [0.15, 0.2) is 5.01 Å². The van der Waals surface area contributed by atoms with Gasteiger partial charge in [-0.2, -0.15) is 0 Å². The van der Waals surface area contributed by atoms with Gasteiger partial charge in [-0.15, -0.1) is 10.2 Å². The van der Waals surface area contributed by atoms with E-state index in [1.165, 1.54) is 17.4 Å². The van der Waals surface area contributed by atoms with Crippen molar-refractivity contribution in [2.75, 3.05) is 0 Å². The smallest absolute Gasteiger partial charge is 0.166 e. The first-order valence-electron chi connectivity index (χ1n) is 3.24. The van der Waals surface area contributed by atoms with Crippen molar-refractivity contribution >= 4 is 11.3 Å². The lowest BCUT2D eigenvalue weighted by Crippen LogP contribution is -1.83. The molecule has 0 unspecified atom stereocenters. The molecule has 0 bridgehead atoms. The number of pyridine rings is 1. The Morgan fingerprint density at radius 1 is 1.33 bits per heavy atom. The Morgan fingerprint density at radius 3 is 2.83 bits per heavy atom. The van der Waals surface area contributed by atoms with E-state index in [4.69, 9.17) is 0 Å². The lowest BCUT2D eigenvalue weighted by Gasteiger charge is -1.91. The van der Waals surface area contributed by atoms with E-state index in [0.717, 1.165) is 6.20 Å². The van der Waals surface area contributed by atoms with Crippen molar-refractivity contribution in [3.05, 3.63) is 29.7 Å². The molecule has 0 amide bonds. The Kier molecular flexibility index (Phi) is 1.79. The third-order valence-corrected chi connectivity index (χ3v) is 2.02. The van der Waals surface area contributed by atoms with Gasteiger partial charge in [0.05, 0.1) is 6.20 Å². The maximum atomic E-state index is 12.4. The van der Waals surface area contributed by atoms with Crippen molar-refractivity contribution in [3.63, 3.8) is 0 Å². The molecule has 0 aliphatic heterocycles. The zero-order chi connectivity index (χ0) is 8.39. The highest BCUT2D eigenvalue weighted by Gasteiger charge is 2.01. The van der Waals surface area contributed by atoms with Crippen LogP contribution in [-0.4, -0.2) is 15.2 Å². The molecule has 0 aliphatic rings. The van der Waals surface area contributed by atoms with Gasteiger partial charge in [-0.05, 0) is 12.1 Å². The lowest BCUT2D eigenvalue weighted by atomic mass is 10.4. The minimum Gasteiger partial charge on any atom is -0.251 e. The summed E-state index contributed by atoms with van der Waals surface area (Å²) in [7, 11) is 0. The lowest BCUT2D eigenvalue weighted by molar-refractivity contribution is 0.622. The Bertz CT molecular complexity index is 357. The average molecular weight is 181 g/mol. The summed E-state index contributed by atoms with van der Waals surface area (Å²) in [5.74, 6) is -0.344. The van der Waals surface area contributed by atoms with Crippen molar-refractivity contribution in [1.82, 2.24) is 15.2 Å². The molecule has 2 rings (SSSR count). The Balaban J connectivity index is 2.43. The summed E-state index contributed by atoms with van der Waals surface area (Å²) in [5.41, 5.74) is 2.26. The molecule has 0 N–H and O–H groups in total. The standard InChI is InChI=1S/C7H4FN3S/c8-5-1-2-6(9-3-5)7-11-10-4-12-7/h1-4H.